The number of halogens is 1. The molecule has 4 nitrogen and oxygen atoms in total. The lowest BCUT2D eigenvalue weighted by Gasteiger charge is -2.15. The van der Waals surface area contributed by atoms with Crippen molar-refractivity contribution in [3.05, 3.63) is 72.3 Å². The van der Waals surface area contributed by atoms with Gasteiger partial charge in [0.25, 0.3) is 0 Å². The molecule has 1 aliphatic rings. The van der Waals surface area contributed by atoms with E-state index in [2.05, 4.69) is 16.5 Å². The quantitative estimate of drug-likeness (QED) is 0.774. The molecule has 1 saturated heterocycles. The van der Waals surface area contributed by atoms with Crippen molar-refractivity contribution in [1.82, 2.24) is 15.1 Å². The summed E-state index contributed by atoms with van der Waals surface area (Å²) in [7, 11) is 0. The highest BCUT2D eigenvalue weighted by Gasteiger charge is 2.16. The minimum absolute atomic E-state index is 0.200. The zero-order valence-electron chi connectivity index (χ0n) is 13.9. The number of hydrogen-bond donors (Lipinski definition) is 1. The van der Waals surface area contributed by atoms with E-state index >= 15 is 0 Å². The Labute approximate surface area is 146 Å². The van der Waals surface area contributed by atoms with E-state index in [1.54, 1.807) is 12.3 Å². The molecule has 4 rings (SSSR count). The molecule has 3 aromatic rings. The van der Waals surface area contributed by atoms with Crippen LogP contribution in [0.5, 0.6) is 0 Å². The fraction of sp³-hybridized carbons (Fsp3) is 0.250. The Morgan fingerprint density at radius 1 is 1.20 bits per heavy atom. The van der Waals surface area contributed by atoms with Gasteiger partial charge >= 0.3 is 0 Å². The highest BCUT2D eigenvalue weighted by atomic mass is 19.1. The Morgan fingerprint density at radius 3 is 2.96 bits per heavy atom. The van der Waals surface area contributed by atoms with E-state index in [0.29, 0.717) is 6.61 Å². The Hall–Kier alpha value is -2.50. The zero-order valence-corrected chi connectivity index (χ0v) is 13.9. The number of nitrogens with zero attached hydrogens (tertiary/aromatic N) is 2. The molecule has 0 saturated carbocycles. The molecular weight excluding hydrogens is 317 g/mol. The molecule has 25 heavy (non-hydrogen) atoms. The van der Waals surface area contributed by atoms with Crippen molar-refractivity contribution in [2.75, 3.05) is 13.1 Å². The number of nitrogens with one attached hydrogen (secondary N) is 1. The van der Waals surface area contributed by atoms with E-state index < -0.39 is 0 Å². The van der Waals surface area contributed by atoms with Gasteiger partial charge in [0.1, 0.15) is 5.82 Å². The Kier molecular flexibility index (Phi) is 4.59. The third-order valence-electron chi connectivity index (χ3n) is 4.48. The SMILES string of the molecule is Fc1ccc(-c2cccc(-n3cccn3)c2)c(CO[C@H]2CCNC2)c1. The number of benzene rings is 2. The molecule has 1 aromatic heterocycles. The second kappa shape index (κ2) is 7.17. The van der Waals surface area contributed by atoms with Gasteiger partial charge in [-0.15, -0.1) is 0 Å². The first kappa shape index (κ1) is 16.0. The van der Waals surface area contributed by atoms with E-state index in [1.807, 2.05) is 41.2 Å². The van der Waals surface area contributed by atoms with E-state index in [1.165, 1.54) is 6.07 Å². The van der Waals surface area contributed by atoms with Gasteiger partial charge in [0.15, 0.2) is 0 Å². The van der Waals surface area contributed by atoms with Crippen LogP contribution < -0.4 is 5.32 Å². The van der Waals surface area contributed by atoms with E-state index in [0.717, 1.165) is 41.9 Å². The number of hydrogen-bond acceptors (Lipinski definition) is 3. The van der Waals surface area contributed by atoms with Crippen LogP contribution in [0.25, 0.3) is 16.8 Å². The summed E-state index contributed by atoms with van der Waals surface area (Å²) >= 11 is 0. The maximum Gasteiger partial charge on any atom is 0.123 e. The second-order valence-corrected chi connectivity index (χ2v) is 6.23. The molecule has 1 aliphatic heterocycles. The first-order chi connectivity index (χ1) is 12.3. The van der Waals surface area contributed by atoms with Crippen molar-refractivity contribution in [3.63, 3.8) is 0 Å². The molecule has 128 valence electrons. The lowest BCUT2D eigenvalue weighted by atomic mass is 9.99. The van der Waals surface area contributed by atoms with E-state index in [9.17, 15) is 4.39 Å². The number of rotatable bonds is 5. The fourth-order valence-electron chi connectivity index (χ4n) is 3.18. The van der Waals surface area contributed by atoms with Crippen molar-refractivity contribution in [2.24, 2.45) is 0 Å². The first-order valence-electron chi connectivity index (χ1n) is 8.51. The van der Waals surface area contributed by atoms with Crippen LogP contribution in [0.1, 0.15) is 12.0 Å². The standard InChI is InChI=1S/C20H20FN3O/c21-17-5-6-20(16(11-17)14-25-19-7-9-22-13-19)15-3-1-4-18(12-15)24-10-2-8-23-24/h1-6,8,10-12,19,22H,7,9,13-14H2/t19-/m0/s1. The van der Waals surface area contributed by atoms with Crippen molar-refractivity contribution < 1.29 is 9.13 Å². The summed E-state index contributed by atoms with van der Waals surface area (Å²) in [6.07, 6.45) is 4.85. The predicted octanol–water partition coefficient (Wildman–Crippen LogP) is 3.56. The van der Waals surface area contributed by atoms with Crippen molar-refractivity contribution in [2.45, 2.75) is 19.1 Å². The van der Waals surface area contributed by atoms with Gasteiger partial charge in [0, 0.05) is 18.9 Å². The lowest BCUT2D eigenvalue weighted by Crippen LogP contribution is -2.16. The summed E-state index contributed by atoms with van der Waals surface area (Å²) in [6.45, 7) is 2.25. The Morgan fingerprint density at radius 2 is 2.16 bits per heavy atom. The molecule has 1 atom stereocenters. The molecule has 0 unspecified atom stereocenters. The minimum Gasteiger partial charge on any atom is -0.372 e. The van der Waals surface area contributed by atoms with Gasteiger partial charge in [-0.25, -0.2) is 9.07 Å². The Bertz CT molecular complexity index is 842. The first-order valence-corrected chi connectivity index (χ1v) is 8.51. The monoisotopic (exact) mass is 337 g/mol. The molecule has 0 aliphatic carbocycles. The van der Waals surface area contributed by atoms with Gasteiger partial charge in [0.05, 0.1) is 18.4 Å². The molecule has 0 bridgehead atoms. The molecule has 2 aromatic carbocycles. The fourth-order valence-corrected chi connectivity index (χ4v) is 3.18. The number of aromatic nitrogens is 2. The summed E-state index contributed by atoms with van der Waals surface area (Å²) < 4.78 is 21.6. The van der Waals surface area contributed by atoms with Crippen molar-refractivity contribution in [3.8, 4) is 16.8 Å². The van der Waals surface area contributed by atoms with Crippen LogP contribution in [0.4, 0.5) is 4.39 Å². The van der Waals surface area contributed by atoms with E-state index in [-0.39, 0.29) is 11.9 Å². The molecule has 0 radical (unpaired) electrons. The van der Waals surface area contributed by atoms with Gasteiger partial charge in [-0.05, 0) is 60.0 Å². The Balaban J connectivity index is 1.64. The van der Waals surface area contributed by atoms with E-state index in [4.69, 9.17) is 4.74 Å². The number of ether oxygens (including phenoxy) is 1. The normalized spacial score (nSPS) is 17.1. The smallest absolute Gasteiger partial charge is 0.123 e. The van der Waals surface area contributed by atoms with Gasteiger partial charge < -0.3 is 10.1 Å². The molecule has 0 spiro atoms. The highest BCUT2D eigenvalue weighted by molar-refractivity contribution is 5.69. The molecule has 1 N–H and O–H groups in total. The molecule has 5 heteroatoms. The summed E-state index contributed by atoms with van der Waals surface area (Å²) in [5.41, 5.74) is 3.85. The maximum absolute atomic E-state index is 13.8. The van der Waals surface area contributed by atoms with Crippen LogP contribution >= 0.6 is 0 Å². The average molecular weight is 337 g/mol. The summed E-state index contributed by atoms with van der Waals surface area (Å²) in [5.74, 6) is -0.241. The molecule has 1 fully saturated rings. The van der Waals surface area contributed by atoms with Gasteiger partial charge in [-0.3, -0.25) is 0 Å². The van der Waals surface area contributed by atoms with Crippen LogP contribution in [0.3, 0.4) is 0 Å². The summed E-state index contributed by atoms with van der Waals surface area (Å²) in [4.78, 5) is 0. The van der Waals surface area contributed by atoms with Crippen LogP contribution in [0.2, 0.25) is 0 Å². The average Bonchev–Trinajstić information content (AvgIpc) is 3.34. The maximum atomic E-state index is 13.8. The van der Waals surface area contributed by atoms with Crippen LogP contribution in [0, 0.1) is 5.82 Å². The summed E-state index contributed by atoms with van der Waals surface area (Å²) in [5, 5.41) is 7.55. The minimum atomic E-state index is -0.241. The van der Waals surface area contributed by atoms with Crippen LogP contribution in [-0.2, 0) is 11.3 Å². The van der Waals surface area contributed by atoms with Crippen LogP contribution in [0.15, 0.2) is 60.9 Å². The largest absolute Gasteiger partial charge is 0.372 e. The van der Waals surface area contributed by atoms with Gasteiger partial charge in [-0.1, -0.05) is 18.2 Å². The lowest BCUT2D eigenvalue weighted by molar-refractivity contribution is 0.0543. The third-order valence-corrected chi connectivity index (χ3v) is 4.48. The highest BCUT2D eigenvalue weighted by Crippen LogP contribution is 2.27. The topological polar surface area (TPSA) is 39.1 Å². The van der Waals surface area contributed by atoms with Gasteiger partial charge in [-0.2, -0.15) is 5.10 Å². The zero-order chi connectivity index (χ0) is 17.1. The second-order valence-electron chi connectivity index (χ2n) is 6.23. The predicted molar refractivity (Wildman–Crippen MR) is 95.0 cm³/mol. The summed E-state index contributed by atoms with van der Waals surface area (Å²) in [6, 6.07) is 14.8. The van der Waals surface area contributed by atoms with Crippen LogP contribution in [-0.4, -0.2) is 29.0 Å². The molecule has 0 amide bonds. The van der Waals surface area contributed by atoms with Gasteiger partial charge in [0.2, 0.25) is 0 Å². The molecular formula is C20H20FN3O. The van der Waals surface area contributed by atoms with Crippen molar-refractivity contribution >= 4 is 0 Å². The third kappa shape index (κ3) is 3.62. The molecule has 2 heterocycles. The van der Waals surface area contributed by atoms with Crippen molar-refractivity contribution in [1.29, 1.82) is 0 Å².